The van der Waals surface area contributed by atoms with Gasteiger partial charge in [-0.25, -0.2) is 4.72 Å². The van der Waals surface area contributed by atoms with Gasteiger partial charge >= 0.3 is 7.12 Å². The van der Waals surface area contributed by atoms with Gasteiger partial charge in [-0.15, -0.1) is 0 Å². The molecular formula is C15H24BClN2O2S. The zero-order valence-electron chi connectivity index (χ0n) is 14.0. The number of rotatable bonds is 5. The van der Waals surface area contributed by atoms with E-state index in [4.69, 9.17) is 20.9 Å². The minimum atomic E-state index is -0.437. The lowest BCUT2D eigenvalue weighted by molar-refractivity contribution is 0.00578. The molecule has 0 saturated carbocycles. The molecule has 0 aromatic heterocycles. The monoisotopic (exact) mass is 342 g/mol. The van der Waals surface area contributed by atoms with E-state index in [1.165, 1.54) is 12.1 Å². The molecule has 2 N–H and O–H groups in total. The lowest BCUT2D eigenvalue weighted by atomic mass is 9.79. The van der Waals surface area contributed by atoms with Gasteiger partial charge in [0.1, 0.15) is 0 Å². The second-order valence-corrected chi connectivity index (χ2v) is 7.85. The lowest BCUT2D eigenvalue weighted by Crippen LogP contribution is -2.41. The van der Waals surface area contributed by atoms with Gasteiger partial charge in [-0.05, 0) is 53.7 Å². The molecule has 0 bridgehead atoms. The van der Waals surface area contributed by atoms with Gasteiger partial charge in [-0.2, -0.15) is 0 Å². The SMILES string of the molecule is CC(C)NSNc1ccc(B2OC(C)(C)C(C)(C)O2)c(Cl)c1. The van der Waals surface area contributed by atoms with Crippen LogP contribution in [0.15, 0.2) is 18.2 Å². The van der Waals surface area contributed by atoms with Gasteiger partial charge in [0.15, 0.2) is 0 Å². The zero-order valence-corrected chi connectivity index (χ0v) is 15.6. The predicted octanol–water partition coefficient (Wildman–Crippen LogP) is 3.61. The van der Waals surface area contributed by atoms with E-state index in [9.17, 15) is 0 Å². The van der Waals surface area contributed by atoms with E-state index >= 15 is 0 Å². The van der Waals surface area contributed by atoms with E-state index in [1.807, 2.05) is 45.9 Å². The first kappa shape index (κ1) is 18.0. The molecule has 1 aromatic rings. The van der Waals surface area contributed by atoms with Gasteiger partial charge < -0.3 is 14.0 Å². The maximum absolute atomic E-state index is 6.41. The summed E-state index contributed by atoms with van der Waals surface area (Å²) in [7, 11) is -0.437. The summed E-state index contributed by atoms with van der Waals surface area (Å²) in [5, 5.41) is 0.633. The van der Waals surface area contributed by atoms with Crippen molar-refractivity contribution in [2.75, 3.05) is 4.72 Å². The molecule has 122 valence electrons. The summed E-state index contributed by atoms with van der Waals surface area (Å²) in [5.41, 5.74) is 1.06. The molecule has 0 spiro atoms. The lowest BCUT2D eigenvalue weighted by Gasteiger charge is -2.32. The molecule has 1 saturated heterocycles. The van der Waals surface area contributed by atoms with Crippen LogP contribution in [0.3, 0.4) is 0 Å². The number of nitrogens with one attached hydrogen (secondary N) is 2. The van der Waals surface area contributed by atoms with Crippen LogP contribution in [0.4, 0.5) is 5.69 Å². The molecule has 4 nitrogen and oxygen atoms in total. The van der Waals surface area contributed by atoms with Crippen molar-refractivity contribution in [3.63, 3.8) is 0 Å². The molecule has 1 aromatic carbocycles. The van der Waals surface area contributed by atoms with Gasteiger partial charge in [0.05, 0.1) is 11.2 Å². The Morgan fingerprint density at radius 2 is 1.73 bits per heavy atom. The van der Waals surface area contributed by atoms with Crippen LogP contribution in [-0.4, -0.2) is 24.4 Å². The standard InChI is InChI=1S/C15H24BClN2O2S/c1-10(2)18-22-19-11-7-8-12(13(17)9-11)16-20-14(3,4)15(5,6)21-16/h7-10,18-19H,1-6H3. The number of benzene rings is 1. The quantitative estimate of drug-likeness (QED) is 0.632. The Bertz CT molecular complexity index is 524. The fourth-order valence-electron chi connectivity index (χ4n) is 1.96. The number of hydrogen-bond donors (Lipinski definition) is 2. The summed E-state index contributed by atoms with van der Waals surface area (Å²) in [6.07, 6.45) is 0. The Hall–Kier alpha value is -0.395. The van der Waals surface area contributed by atoms with E-state index in [-0.39, 0.29) is 11.2 Å². The fraction of sp³-hybridized carbons (Fsp3) is 0.600. The fourth-order valence-corrected chi connectivity index (χ4v) is 2.77. The van der Waals surface area contributed by atoms with E-state index in [2.05, 4.69) is 23.3 Å². The van der Waals surface area contributed by atoms with Crippen LogP contribution < -0.4 is 14.9 Å². The molecule has 1 heterocycles. The summed E-state index contributed by atoms with van der Waals surface area (Å²) in [6.45, 7) is 12.3. The third-order valence-corrected chi connectivity index (χ3v) is 5.23. The maximum atomic E-state index is 6.41. The average molecular weight is 343 g/mol. The van der Waals surface area contributed by atoms with Crippen LogP contribution in [0.1, 0.15) is 41.5 Å². The first-order chi connectivity index (χ1) is 10.1. The van der Waals surface area contributed by atoms with Crippen molar-refractivity contribution >= 4 is 42.0 Å². The van der Waals surface area contributed by atoms with Crippen molar-refractivity contribution < 1.29 is 9.31 Å². The van der Waals surface area contributed by atoms with Crippen LogP contribution >= 0.6 is 23.7 Å². The molecule has 1 aliphatic heterocycles. The first-order valence-corrected chi connectivity index (χ1v) is 8.64. The highest BCUT2D eigenvalue weighted by Gasteiger charge is 2.52. The van der Waals surface area contributed by atoms with Crippen molar-refractivity contribution in [3.05, 3.63) is 23.2 Å². The van der Waals surface area contributed by atoms with Crippen LogP contribution in [0.25, 0.3) is 0 Å². The maximum Gasteiger partial charge on any atom is 0.496 e. The van der Waals surface area contributed by atoms with E-state index in [1.54, 1.807) is 0 Å². The molecule has 0 atom stereocenters. The summed E-state index contributed by atoms with van der Waals surface area (Å²) < 4.78 is 18.5. The van der Waals surface area contributed by atoms with Crippen molar-refractivity contribution in [3.8, 4) is 0 Å². The van der Waals surface area contributed by atoms with Gasteiger partial charge in [-0.3, -0.25) is 0 Å². The van der Waals surface area contributed by atoms with Gasteiger partial charge in [0.2, 0.25) is 0 Å². The van der Waals surface area contributed by atoms with Crippen molar-refractivity contribution in [2.45, 2.75) is 58.8 Å². The number of anilines is 1. The van der Waals surface area contributed by atoms with Crippen molar-refractivity contribution in [1.29, 1.82) is 0 Å². The largest absolute Gasteiger partial charge is 0.496 e. The minimum Gasteiger partial charge on any atom is -0.399 e. The normalized spacial score (nSPS) is 19.7. The highest BCUT2D eigenvalue weighted by molar-refractivity contribution is 7.98. The molecule has 0 amide bonds. The molecule has 0 radical (unpaired) electrons. The predicted molar refractivity (Wildman–Crippen MR) is 96.7 cm³/mol. The molecule has 2 rings (SSSR count). The average Bonchev–Trinajstić information content (AvgIpc) is 2.57. The van der Waals surface area contributed by atoms with Crippen molar-refractivity contribution in [2.24, 2.45) is 0 Å². The van der Waals surface area contributed by atoms with Crippen LogP contribution in [0.5, 0.6) is 0 Å². The Kier molecular flexibility index (Phi) is 5.40. The summed E-state index contributed by atoms with van der Waals surface area (Å²) in [5.74, 6) is 0. The first-order valence-electron chi connectivity index (χ1n) is 7.45. The Morgan fingerprint density at radius 3 is 2.23 bits per heavy atom. The molecule has 1 aliphatic rings. The molecule has 22 heavy (non-hydrogen) atoms. The highest BCUT2D eigenvalue weighted by Crippen LogP contribution is 2.37. The summed E-state index contributed by atoms with van der Waals surface area (Å²) in [6, 6.07) is 6.21. The zero-order chi connectivity index (χ0) is 16.5. The summed E-state index contributed by atoms with van der Waals surface area (Å²) in [4.78, 5) is 0. The molecule has 0 aliphatic carbocycles. The second-order valence-electron chi connectivity index (χ2n) is 6.80. The van der Waals surface area contributed by atoms with Gasteiger partial charge in [0, 0.05) is 34.3 Å². The van der Waals surface area contributed by atoms with E-state index in [0.29, 0.717) is 11.1 Å². The van der Waals surface area contributed by atoms with E-state index in [0.717, 1.165) is 11.2 Å². The highest BCUT2D eigenvalue weighted by atomic mass is 35.5. The molecule has 1 fully saturated rings. The second kappa shape index (κ2) is 6.61. The smallest absolute Gasteiger partial charge is 0.399 e. The third kappa shape index (κ3) is 3.92. The number of halogens is 1. The Labute approximate surface area is 143 Å². The molecule has 7 heteroatoms. The van der Waals surface area contributed by atoms with Crippen molar-refractivity contribution in [1.82, 2.24) is 4.72 Å². The van der Waals surface area contributed by atoms with Gasteiger partial charge in [0.25, 0.3) is 0 Å². The number of hydrogen-bond acceptors (Lipinski definition) is 5. The minimum absolute atomic E-state index is 0.366. The van der Waals surface area contributed by atoms with Crippen LogP contribution in [-0.2, 0) is 9.31 Å². The van der Waals surface area contributed by atoms with Crippen LogP contribution in [0.2, 0.25) is 5.02 Å². The van der Waals surface area contributed by atoms with E-state index < -0.39 is 7.12 Å². The topological polar surface area (TPSA) is 42.5 Å². The molecule has 0 unspecified atom stereocenters. The third-order valence-electron chi connectivity index (χ3n) is 3.97. The Balaban J connectivity index is 2.08. The summed E-state index contributed by atoms with van der Waals surface area (Å²) >= 11 is 7.85. The van der Waals surface area contributed by atoms with Gasteiger partial charge in [-0.1, -0.05) is 17.7 Å². The Morgan fingerprint density at radius 1 is 1.14 bits per heavy atom. The molecular weight excluding hydrogens is 319 g/mol. The van der Waals surface area contributed by atoms with Crippen LogP contribution in [0, 0.1) is 0 Å².